The summed E-state index contributed by atoms with van der Waals surface area (Å²) in [6.45, 7) is 12.9. The highest BCUT2D eigenvalue weighted by molar-refractivity contribution is 6.86. The van der Waals surface area contributed by atoms with Gasteiger partial charge in [0.2, 0.25) is 0 Å². The molecule has 2 aliphatic rings. The Kier molecular flexibility index (Phi) is 6.66. The largest absolute Gasteiger partial charge is 0.551 e. The molecule has 0 radical (unpaired) electrons. The van der Waals surface area contributed by atoms with Crippen LogP contribution in [0.4, 0.5) is 17.1 Å². The lowest BCUT2D eigenvalue weighted by Gasteiger charge is -2.40. The van der Waals surface area contributed by atoms with Crippen molar-refractivity contribution in [3.63, 3.8) is 0 Å². The third-order valence-corrected chi connectivity index (χ3v) is 11.2. The van der Waals surface area contributed by atoms with Crippen LogP contribution in [-0.4, -0.2) is 6.92 Å². The molecular weight excluding hydrogens is 633 g/mol. The van der Waals surface area contributed by atoms with Gasteiger partial charge in [0.1, 0.15) is 16.9 Å². The molecule has 0 saturated heterocycles. The number of nitrogens with zero attached hydrogens (tertiary/aromatic N) is 1. The van der Waals surface area contributed by atoms with Crippen molar-refractivity contribution in [3.8, 4) is 39.1 Å². The summed E-state index contributed by atoms with van der Waals surface area (Å²) >= 11 is 0. The molecule has 0 N–H and O–H groups in total. The Hall–Kier alpha value is -6.00. The molecule has 0 unspecified atom stereocenters. The highest BCUT2D eigenvalue weighted by Gasteiger charge is 2.44. The van der Waals surface area contributed by atoms with E-state index in [-0.39, 0.29) is 6.92 Å². The maximum Gasteiger partial charge on any atom is 0.431 e. The average molecular weight is 672 g/mol. The first-order valence-electron chi connectivity index (χ1n) is 18.2. The van der Waals surface area contributed by atoms with Crippen molar-refractivity contribution >= 4 is 56.8 Å². The van der Waals surface area contributed by atoms with Crippen LogP contribution >= 0.6 is 0 Å². The topological polar surface area (TPSA) is 25.6 Å². The normalized spacial score (nSPS) is 12.9. The molecule has 2 aliphatic heterocycles. The van der Waals surface area contributed by atoms with Gasteiger partial charge in [-0.3, -0.25) is 0 Å². The van der Waals surface area contributed by atoms with Gasteiger partial charge in [-0.1, -0.05) is 96.1 Å². The number of fused-ring (bicyclic) bond motifs is 8. The summed E-state index contributed by atoms with van der Waals surface area (Å²) in [7, 11) is 0. The van der Waals surface area contributed by atoms with Crippen LogP contribution in [0.2, 0.25) is 0 Å². The minimum atomic E-state index is -0.299. The Bertz CT molecular complexity index is 2740. The number of rotatable bonds is 3. The number of hydrogen-bond donors (Lipinski definition) is 0. The minimum absolute atomic E-state index is 0.299. The third-order valence-electron chi connectivity index (χ3n) is 11.2. The van der Waals surface area contributed by atoms with Gasteiger partial charge in [0.15, 0.2) is 0 Å². The molecule has 1 aromatic heterocycles. The highest BCUT2D eigenvalue weighted by atomic mass is 16.4. The summed E-state index contributed by atoms with van der Waals surface area (Å²) in [5, 5.41) is 2.26. The van der Waals surface area contributed by atoms with Gasteiger partial charge in [-0.2, -0.15) is 0 Å². The van der Waals surface area contributed by atoms with E-state index >= 15 is 0 Å². The molecule has 0 saturated carbocycles. The molecular formula is C48H38BNO2. The summed E-state index contributed by atoms with van der Waals surface area (Å²) in [6, 6.07) is 44.3. The molecule has 8 aromatic rings. The van der Waals surface area contributed by atoms with Crippen LogP contribution in [0.25, 0.3) is 55.3 Å². The van der Waals surface area contributed by atoms with Crippen molar-refractivity contribution in [2.45, 2.75) is 41.5 Å². The zero-order valence-electron chi connectivity index (χ0n) is 30.4. The molecule has 0 fully saturated rings. The van der Waals surface area contributed by atoms with E-state index in [2.05, 4.69) is 162 Å². The van der Waals surface area contributed by atoms with E-state index < -0.39 is 0 Å². The molecule has 52 heavy (non-hydrogen) atoms. The Morgan fingerprint density at radius 3 is 1.85 bits per heavy atom. The van der Waals surface area contributed by atoms with Crippen molar-refractivity contribution < 1.29 is 9.07 Å². The SMILES string of the molecule is Cc1cc(C)c(-c2ccc(N3c4ccc(-c5c(C)cc(C)cc5C)cc4B4Oc5ccccc5-c5c4c3cc3oc4ccccc4c53)cc2)c(C)c1. The van der Waals surface area contributed by atoms with Gasteiger partial charge in [0.05, 0.1) is 0 Å². The number of aryl methyl sites for hydroxylation is 6. The fourth-order valence-electron chi connectivity index (χ4n) is 9.38. The van der Waals surface area contributed by atoms with Gasteiger partial charge >= 0.3 is 6.92 Å². The van der Waals surface area contributed by atoms with Crippen molar-refractivity contribution in [2.75, 3.05) is 4.90 Å². The summed E-state index contributed by atoms with van der Waals surface area (Å²) in [6.07, 6.45) is 0. The molecule has 250 valence electrons. The molecule has 7 aromatic carbocycles. The first-order chi connectivity index (χ1) is 25.2. The molecule has 0 bridgehead atoms. The van der Waals surface area contributed by atoms with Crippen molar-refractivity contribution in [2.24, 2.45) is 0 Å². The van der Waals surface area contributed by atoms with Crippen LogP contribution in [0.3, 0.4) is 0 Å². The van der Waals surface area contributed by atoms with Gasteiger partial charge in [0.25, 0.3) is 0 Å². The van der Waals surface area contributed by atoms with Crippen LogP contribution in [0.5, 0.6) is 5.75 Å². The molecule has 4 heteroatoms. The zero-order valence-corrected chi connectivity index (χ0v) is 30.4. The van der Waals surface area contributed by atoms with E-state index in [1.54, 1.807) is 0 Å². The second kappa shape index (κ2) is 11.3. The second-order valence-corrected chi connectivity index (χ2v) is 14.9. The predicted molar refractivity (Wildman–Crippen MR) is 219 cm³/mol. The van der Waals surface area contributed by atoms with Crippen LogP contribution in [0, 0.1) is 41.5 Å². The number of hydrogen-bond acceptors (Lipinski definition) is 3. The van der Waals surface area contributed by atoms with E-state index in [1.807, 2.05) is 6.07 Å². The average Bonchev–Trinajstić information content (AvgIpc) is 3.49. The van der Waals surface area contributed by atoms with E-state index in [0.717, 1.165) is 55.8 Å². The maximum atomic E-state index is 7.11. The molecule has 0 amide bonds. The van der Waals surface area contributed by atoms with Crippen molar-refractivity contribution in [1.82, 2.24) is 0 Å². The fourth-order valence-corrected chi connectivity index (χ4v) is 9.38. The highest BCUT2D eigenvalue weighted by Crippen LogP contribution is 2.48. The smallest absolute Gasteiger partial charge is 0.431 e. The van der Waals surface area contributed by atoms with Crippen LogP contribution < -0.4 is 20.5 Å². The second-order valence-electron chi connectivity index (χ2n) is 14.9. The molecule has 0 aliphatic carbocycles. The van der Waals surface area contributed by atoms with E-state index in [9.17, 15) is 0 Å². The van der Waals surface area contributed by atoms with Gasteiger partial charge in [-0.05, 0) is 127 Å². The van der Waals surface area contributed by atoms with Gasteiger partial charge in [-0.25, -0.2) is 0 Å². The Morgan fingerprint density at radius 2 is 1.13 bits per heavy atom. The van der Waals surface area contributed by atoms with Gasteiger partial charge in [0, 0.05) is 44.9 Å². The Balaban J connectivity index is 1.27. The van der Waals surface area contributed by atoms with E-state index in [1.165, 1.54) is 66.7 Å². The van der Waals surface area contributed by atoms with Gasteiger partial charge in [-0.15, -0.1) is 0 Å². The first-order valence-corrected chi connectivity index (χ1v) is 18.2. The number of para-hydroxylation sites is 2. The third kappa shape index (κ3) is 4.47. The summed E-state index contributed by atoms with van der Waals surface area (Å²) in [4.78, 5) is 2.42. The number of benzene rings is 7. The Labute approximate surface area is 305 Å². The molecule has 10 rings (SSSR count). The predicted octanol–water partition coefficient (Wildman–Crippen LogP) is 11.7. The summed E-state index contributed by atoms with van der Waals surface area (Å²) in [5.41, 5.74) is 22.4. The maximum absolute atomic E-state index is 7.11. The zero-order chi connectivity index (χ0) is 35.4. The molecule has 3 heterocycles. The van der Waals surface area contributed by atoms with Crippen molar-refractivity contribution in [3.05, 3.63) is 155 Å². The van der Waals surface area contributed by atoms with Crippen LogP contribution in [-0.2, 0) is 0 Å². The lowest BCUT2D eigenvalue weighted by atomic mass is 9.49. The van der Waals surface area contributed by atoms with Crippen LogP contribution in [0.1, 0.15) is 33.4 Å². The fraction of sp³-hybridized carbons (Fsp3) is 0.125. The first kappa shape index (κ1) is 30.8. The number of furan rings is 1. The molecule has 0 spiro atoms. The van der Waals surface area contributed by atoms with E-state index in [4.69, 9.17) is 9.07 Å². The lowest BCUT2D eigenvalue weighted by Crippen LogP contribution is -2.56. The quantitative estimate of drug-likeness (QED) is 0.175. The minimum Gasteiger partial charge on any atom is -0.551 e. The molecule has 3 nitrogen and oxygen atoms in total. The van der Waals surface area contributed by atoms with Crippen molar-refractivity contribution in [1.29, 1.82) is 0 Å². The molecule has 0 atom stereocenters. The van der Waals surface area contributed by atoms with Gasteiger partial charge < -0.3 is 14.0 Å². The lowest BCUT2D eigenvalue weighted by molar-refractivity contribution is 0.590. The standard InChI is InChI=1S/C48H38BNO2/c1-27-21-29(3)44(30(4)22-27)33-15-18-35(19-16-33)50-39-20-17-34(45-31(5)23-28(2)24-32(45)6)25-38(39)49-48-40(50)26-43-46(36-11-7-9-13-41(36)51-43)47(48)37-12-8-10-14-42(37)52-49/h7-26H,1-6H3. The van der Waals surface area contributed by atoms with Crippen LogP contribution in [0.15, 0.2) is 126 Å². The summed E-state index contributed by atoms with van der Waals surface area (Å²) in [5.74, 6) is 0.893. The monoisotopic (exact) mass is 671 g/mol. The van der Waals surface area contributed by atoms with E-state index in [0.29, 0.717) is 0 Å². The summed E-state index contributed by atoms with van der Waals surface area (Å²) < 4.78 is 13.8. The Morgan fingerprint density at radius 1 is 0.519 bits per heavy atom. The number of anilines is 3.